The van der Waals surface area contributed by atoms with Crippen LogP contribution in [0.3, 0.4) is 0 Å². The smallest absolute Gasteiger partial charge is 0.255 e. The Labute approximate surface area is 226 Å². The van der Waals surface area contributed by atoms with Crippen LogP contribution < -0.4 is 21.1 Å². The molecule has 3 rings (SSSR count). The van der Waals surface area contributed by atoms with Gasteiger partial charge >= 0.3 is 0 Å². The summed E-state index contributed by atoms with van der Waals surface area (Å²) >= 11 is 0. The van der Waals surface area contributed by atoms with Gasteiger partial charge in [-0.15, -0.1) is 0 Å². The van der Waals surface area contributed by atoms with Gasteiger partial charge in [-0.25, -0.2) is 0 Å². The van der Waals surface area contributed by atoms with E-state index >= 15 is 0 Å². The van der Waals surface area contributed by atoms with Crippen molar-refractivity contribution in [2.75, 3.05) is 26.7 Å². The maximum Gasteiger partial charge on any atom is 0.255 e. The fraction of sp³-hybridized carbons (Fsp3) is 0.276. The molecule has 10 nitrogen and oxygen atoms in total. The molecular weight excluding hydrogens is 498 g/mol. The Balaban J connectivity index is 1.64. The first-order chi connectivity index (χ1) is 18.8. The number of carbonyl (C=O) groups is 4. The normalized spacial score (nSPS) is 10.4. The van der Waals surface area contributed by atoms with Gasteiger partial charge in [-0.05, 0) is 53.4 Å². The molecular formula is C29H31N5O5. The lowest BCUT2D eigenvalue weighted by molar-refractivity contribution is -0.136. The van der Waals surface area contributed by atoms with Crippen molar-refractivity contribution in [2.45, 2.75) is 25.8 Å². The van der Waals surface area contributed by atoms with Gasteiger partial charge < -0.3 is 26.0 Å². The minimum atomic E-state index is -0.650. The van der Waals surface area contributed by atoms with Crippen LogP contribution in [0.2, 0.25) is 0 Å². The summed E-state index contributed by atoms with van der Waals surface area (Å²) in [6.07, 6.45) is 0.906. The fourth-order valence-corrected chi connectivity index (χ4v) is 3.90. The molecule has 4 amide bonds. The van der Waals surface area contributed by atoms with Crippen LogP contribution in [0.1, 0.15) is 40.7 Å². The highest BCUT2D eigenvalue weighted by molar-refractivity contribution is 6.02. The van der Waals surface area contributed by atoms with Crippen molar-refractivity contribution in [3.8, 4) is 11.8 Å². The van der Waals surface area contributed by atoms with Gasteiger partial charge in [-0.1, -0.05) is 36.4 Å². The van der Waals surface area contributed by atoms with Crippen molar-refractivity contribution in [2.24, 2.45) is 5.73 Å². The Morgan fingerprint density at radius 2 is 1.69 bits per heavy atom. The zero-order valence-corrected chi connectivity index (χ0v) is 21.7. The highest BCUT2D eigenvalue weighted by Crippen LogP contribution is 2.26. The van der Waals surface area contributed by atoms with E-state index in [1.165, 1.54) is 7.05 Å². The largest absolute Gasteiger partial charge is 0.493 e. The Morgan fingerprint density at radius 1 is 1.00 bits per heavy atom. The van der Waals surface area contributed by atoms with Gasteiger partial charge in [0.15, 0.2) is 0 Å². The minimum Gasteiger partial charge on any atom is -0.493 e. The summed E-state index contributed by atoms with van der Waals surface area (Å²) in [5, 5.41) is 15.7. The van der Waals surface area contributed by atoms with Gasteiger partial charge in [0.1, 0.15) is 12.2 Å². The molecule has 3 aromatic rings. The van der Waals surface area contributed by atoms with E-state index in [9.17, 15) is 19.2 Å². The van der Waals surface area contributed by atoms with Gasteiger partial charge in [-0.3, -0.25) is 19.2 Å². The molecule has 0 aliphatic carbocycles. The third-order valence-electron chi connectivity index (χ3n) is 6.00. The molecule has 0 atom stereocenters. The number of nitrogens with one attached hydrogen (secondary N) is 2. The average Bonchev–Trinajstić information content (AvgIpc) is 2.94. The monoisotopic (exact) mass is 529 g/mol. The van der Waals surface area contributed by atoms with E-state index in [-0.39, 0.29) is 37.0 Å². The first-order valence-corrected chi connectivity index (χ1v) is 12.5. The SMILES string of the molecule is CNC(=O)CC(=O)N(CCCCOc1cc2ccccc2cc1C(=O)NCC(N)=O)Cc1ccc(C#N)cc1. The van der Waals surface area contributed by atoms with Crippen molar-refractivity contribution in [3.05, 3.63) is 77.4 Å². The van der Waals surface area contributed by atoms with Crippen molar-refractivity contribution in [3.63, 3.8) is 0 Å². The Kier molecular flexibility index (Phi) is 10.4. The number of unbranched alkanes of at least 4 members (excludes halogenated alkanes) is 1. The zero-order chi connectivity index (χ0) is 28.2. The molecule has 0 radical (unpaired) electrons. The molecule has 0 saturated carbocycles. The number of hydrogen-bond donors (Lipinski definition) is 3. The van der Waals surface area contributed by atoms with E-state index in [4.69, 9.17) is 15.7 Å². The van der Waals surface area contributed by atoms with Crippen LogP contribution in [0, 0.1) is 11.3 Å². The van der Waals surface area contributed by atoms with Gasteiger partial charge in [-0.2, -0.15) is 5.26 Å². The molecule has 0 spiro atoms. The number of benzene rings is 3. The first kappa shape index (κ1) is 28.7. The van der Waals surface area contributed by atoms with Gasteiger partial charge in [0, 0.05) is 20.1 Å². The second-order valence-corrected chi connectivity index (χ2v) is 8.87. The fourth-order valence-electron chi connectivity index (χ4n) is 3.90. The summed E-state index contributed by atoms with van der Waals surface area (Å²) < 4.78 is 5.97. The number of ether oxygens (including phenoxy) is 1. The van der Waals surface area contributed by atoms with Gasteiger partial charge in [0.05, 0.1) is 30.3 Å². The van der Waals surface area contributed by atoms with Crippen molar-refractivity contribution >= 4 is 34.4 Å². The topological polar surface area (TPSA) is 155 Å². The molecule has 0 heterocycles. The predicted octanol–water partition coefficient (Wildman–Crippen LogP) is 2.25. The zero-order valence-electron chi connectivity index (χ0n) is 21.7. The predicted molar refractivity (Wildman–Crippen MR) is 145 cm³/mol. The lowest BCUT2D eigenvalue weighted by Crippen LogP contribution is -2.35. The van der Waals surface area contributed by atoms with E-state index < -0.39 is 11.8 Å². The van der Waals surface area contributed by atoms with Crippen LogP contribution in [-0.2, 0) is 20.9 Å². The Hall–Kier alpha value is -4.91. The molecule has 39 heavy (non-hydrogen) atoms. The van der Waals surface area contributed by atoms with E-state index in [0.717, 1.165) is 16.3 Å². The number of fused-ring (bicyclic) bond motifs is 1. The molecule has 0 saturated heterocycles. The van der Waals surface area contributed by atoms with E-state index in [2.05, 4.69) is 16.7 Å². The lowest BCUT2D eigenvalue weighted by atomic mass is 10.1. The highest BCUT2D eigenvalue weighted by atomic mass is 16.5. The number of amides is 4. The van der Waals surface area contributed by atoms with Crippen LogP contribution in [0.4, 0.5) is 0 Å². The maximum absolute atomic E-state index is 12.8. The maximum atomic E-state index is 12.8. The summed E-state index contributed by atoms with van der Waals surface area (Å²) in [6.45, 7) is 0.688. The molecule has 0 bridgehead atoms. The van der Waals surface area contributed by atoms with Crippen LogP contribution in [0.25, 0.3) is 10.8 Å². The van der Waals surface area contributed by atoms with Crippen molar-refractivity contribution in [1.82, 2.24) is 15.5 Å². The number of primary amides is 1. The number of carbonyl (C=O) groups excluding carboxylic acids is 4. The minimum absolute atomic E-state index is 0.260. The number of nitriles is 1. The number of hydrogen-bond acceptors (Lipinski definition) is 6. The summed E-state index contributed by atoms with van der Waals surface area (Å²) in [7, 11) is 1.48. The third kappa shape index (κ3) is 8.57. The Bertz CT molecular complexity index is 1380. The highest BCUT2D eigenvalue weighted by Gasteiger charge is 2.18. The standard InChI is InChI=1S/C29H31N5O5/c1-32-27(36)16-28(37)34(19-21-10-8-20(17-30)9-11-21)12-4-5-13-39-25-15-23-7-3-2-6-22(23)14-24(25)29(38)33-18-26(31)35/h2-3,6-11,14-15H,4-5,12-13,16,18-19H2,1H3,(H2,31,35)(H,32,36)(H,33,38). The van der Waals surface area contributed by atoms with E-state index in [1.54, 1.807) is 41.3 Å². The summed E-state index contributed by atoms with van der Waals surface area (Å²) in [5.74, 6) is -1.42. The number of nitrogens with two attached hydrogens (primary N) is 1. The Morgan fingerprint density at radius 3 is 2.33 bits per heavy atom. The first-order valence-electron chi connectivity index (χ1n) is 12.5. The molecule has 0 fully saturated rings. The number of nitrogens with zero attached hydrogens (tertiary/aromatic N) is 2. The molecule has 0 aliphatic heterocycles. The molecule has 202 valence electrons. The molecule has 3 aromatic carbocycles. The van der Waals surface area contributed by atoms with Crippen LogP contribution in [0.5, 0.6) is 5.75 Å². The number of rotatable bonds is 13. The molecule has 0 aliphatic rings. The van der Waals surface area contributed by atoms with Crippen LogP contribution in [-0.4, -0.2) is 55.3 Å². The summed E-state index contributed by atoms with van der Waals surface area (Å²) in [5.41, 5.74) is 6.81. The quantitative estimate of drug-likeness (QED) is 0.228. The van der Waals surface area contributed by atoms with Crippen LogP contribution >= 0.6 is 0 Å². The second-order valence-electron chi connectivity index (χ2n) is 8.87. The van der Waals surface area contributed by atoms with E-state index in [1.807, 2.05) is 24.3 Å². The van der Waals surface area contributed by atoms with E-state index in [0.29, 0.717) is 37.2 Å². The van der Waals surface area contributed by atoms with Crippen molar-refractivity contribution in [1.29, 1.82) is 5.26 Å². The summed E-state index contributed by atoms with van der Waals surface area (Å²) in [6, 6.07) is 20.0. The van der Waals surface area contributed by atoms with Gasteiger partial charge in [0.25, 0.3) is 5.91 Å². The van der Waals surface area contributed by atoms with Gasteiger partial charge in [0.2, 0.25) is 17.7 Å². The second kappa shape index (κ2) is 14.1. The van der Waals surface area contributed by atoms with Crippen LogP contribution in [0.15, 0.2) is 60.7 Å². The summed E-state index contributed by atoms with van der Waals surface area (Å²) in [4.78, 5) is 50.0. The third-order valence-corrected chi connectivity index (χ3v) is 6.00. The average molecular weight is 530 g/mol. The lowest BCUT2D eigenvalue weighted by Gasteiger charge is -2.23. The van der Waals surface area contributed by atoms with Crippen molar-refractivity contribution < 1.29 is 23.9 Å². The molecule has 4 N–H and O–H groups in total. The molecule has 0 unspecified atom stereocenters. The molecule has 10 heteroatoms. The molecule has 0 aromatic heterocycles.